The van der Waals surface area contributed by atoms with Gasteiger partial charge in [0.25, 0.3) is 5.91 Å². The van der Waals surface area contributed by atoms with Gasteiger partial charge in [0.2, 0.25) is 5.91 Å². The average molecular weight is 513 g/mol. The summed E-state index contributed by atoms with van der Waals surface area (Å²) in [6, 6.07) is 20.1. The first-order valence-corrected chi connectivity index (χ1v) is 11.3. The largest absolute Gasteiger partial charge is 0.484 e. The van der Waals surface area contributed by atoms with Crippen LogP contribution in [0.25, 0.3) is 0 Å². The molecular weight excluding hydrogens is 487 g/mol. The van der Waals surface area contributed by atoms with Gasteiger partial charge in [-0.25, -0.2) is 4.39 Å². The molecule has 3 aromatic carbocycles. The monoisotopic (exact) mass is 512 g/mol. The zero-order valence-electron chi connectivity index (χ0n) is 18.6. The Morgan fingerprint density at radius 1 is 1.03 bits per heavy atom. The van der Waals surface area contributed by atoms with E-state index in [0.29, 0.717) is 17.7 Å². The van der Waals surface area contributed by atoms with E-state index in [-0.39, 0.29) is 30.8 Å². The summed E-state index contributed by atoms with van der Waals surface area (Å²) in [5, 5.41) is 2.66. The highest BCUT2D eigenvalue weighted by Gasteiger charge is 2.30. The number of benzene rings is 3. The van der Waals surface area contributed by atoms with Crippen molar-refractivity contribution in [3.05, 3.63) is 99.8 Å². The maximum absolute atomic E-state index is 13.4. The van der Waals surface area contributed by atoms with E-state index in [4.69, 9.17) is 4.74 Å². The van der Waals surface area contributed by atoms with Gasteiger partial charge in [-0.05, 0) is 53.9 Å². The topological polar surface area (TPSA) is 58.6 Å². The maximum Gasteiger partial charge on any atom is 0.261 e. The summed E-state index contributed by atoms with van der Waals surface area (Å²) in [7, 11) is 1.54. The summed E-state index contributed by atoms with van der Waals surface area (Å²) in [4.78, 5) is 27.7. The fourth-order valence-electron chi connectivity index (χ4n) is 3.44. The van der Waals surface area contributed by atoms with Crippen LogP contribution in [0.15, 0.2) is 77.3 Å². The van der Waals surface area contributed by atoms with Gasteiger partial charge in [-0.3, -0.25) is 9.59 Å². The van der Waals surface area contributed by atoms with Crippen molar-refractivity contribution in [3.8, 4) is 5.75 Å². The molecule has 3 rings (SSSR count). The number of carbonyl (C=O) groups is 2. The van der Waals surface area contributed by atoms with Crippen LogP contribution in [-0.4, -0.2) is 36.4 Å². The number of halogens is 2. The summed E-state index contributed by atoms with van der Waals surface area (Å²) in [5.74, 6) is -0.429. The predicted octanol–water partition coefficient (Wildman–Crippen LogP) is 4.66. The molecule has 0 aliphatic heterocycles. The second-order valence-corrected chi connectivity index (χ2v) is 8.52. The maximum atomic E-state index is 13.4. The molecule has 0 spiro atoms. The Kier molecular flexibility index (Phi) is 8.60. The van der Waals surface area contributed by atoms with E-state index in [1.54, 1.807) is 25.2 Å². The van der Waals surface area contributed by atoms with Crippen LogP contribution in [0.2, 0.25) is 0 Å². The molecule has 7 heteroatoms. The van der Waals surface area contributed by atoms with E-state index in [1.165, 1.54) is 17.0 Å². The normalized spacial score (nSPS) is 11.5. The van der Waals surface area contributed by atoms with Crippen LogP contribution >= 0.6 is 15.9 Å². The molecule has 0 saturated carbocycles. The molecule has 0 radical (unpaired) electrons. The van der Waals surface area contributed by atoms with Gasteiger partial charge in [-0.15, -0.1) is 0 Å². The van der Waals surface area contributed by atoms with Crippen molar-refractivity contribution in [3.63, 3.8) is 0 Å². The van der Waals surface area contributed by atoms with Crippen LogP contribution in [0.3, 0.4) is 0 Å². The molecule has 0 saturated heterocycles. The van der Waals surface area contributed by atoms with Crippen LogP contribution in [0, 0.1) is 12.7 Å². The first-order valence-electron chi connectivity index (χ1n) is 10.6. The Bertz CT molecular complexity index is 1090. The minimum absolute atomic E-state index is 0.146. The molecule has 33 heavy (non-hydrogen) atoms. The lowest BCUT2D eigenvalue weighted by Crippen LogP contribution is -2.51. The number of aryl methyl sites for hydroxylation is 1. The number of nitrogens with one attached hydrogen (secondary N) is 1. The van der Waals surface area contributed by atoms with E-state index in [0.717, 1.165) is 15.6 Å². The Morgan fingerprint density at radius 3 is 2.36 bits per heavy atom. The zero-order chi connectivity index (χ0) is 23.8. The van der Waals surface area contributed by atoms with Crippen LogP contribution in [0.1, 0.15) is 16.7 Å². The highest BCUT2D eigenvalue weighted by Crippen LogP contribution is 2.22. The lowest BCUT2D eigenvalue weighted by Gasteiger charge is -2.31. The zero-order valence-corrected chi connectivity index (χ0v) is 20.1. The molecular formula is C26H26BrFN2O3. The molecule has 1 N–H and O–H groups in total. The molecule has 0 bridgehead atoms. The molecule has 1 unspecified atom stereocenters. The highest BCUT2D eigenvalue weighted by molar-refractivity contribution is 9.10. The molecule has 0 heterocycles. The van der Waals surface area contributed by atoms with Crippen molar-refractivity contribution in [2.45, 2.75) is 25.9 Å². The van der Waals surface area contributed by atoms with E-state index in [2.05, 4.69) is 21.2 Å². The minimum Gasteiger partial charge on any atom is -0.484 e. The van der Waals surface area contributed by atoms with Crippen molar-refractivity contribution < 1.29 is 18.7 Å². The Labute approximate surface area is 201 Å². The molecule has 1 atom stereocenters. The number of likely N-dealkylation sites (N-methyl/N-ethyl adjacent to an activating group) is 1. The number of rotatable bonds is 9. The standard InChI is InChI=1S/C26H26BrFN2O3/c1-18-14-22(12-13-23(18)27)33-17-25(31)30(16-20-8-10-21(28)11-9-20)24(26(32)29-2)15-19-6-4-3-5-7-19/h3-14,24H,15-17H2,1-2H3,(H,29,32). The molecule has 0 aliphatic rings. The van der Waals surface area contributed by atoms with Gasteiger partial charge in [0.05, 0.1) is 0 Å². The van der Waals surface area contributed by atoms with Crippen molar-refractivity contribution in [2.24, 2.45) is 0 Å². The van der Waals surface area contributed by atoms with Gasteiger partial charge in [0.15, 0.2) is 6.61 Å². The van der Waals surface area contributed by atoms with Crippen molar-refractivity contribution >= 4 is 27.7 Å². The third-order valence-electron chi connectivity index (χ3n) is 5.28. The quantitative estimate of drug-likeness (QED) is 0.453. The molecule has 5 nitrogen and oxygen atoms in total. The second-order valence-electron chi connectivity index (χ2n) is 7.67. The summed E-state index contributed by atoms with van der Waals surface area (Å²) in [5.41, 5.74) is 2.62. The van der Waals surface area contributed by atoms with E-state index in [1.807, 2.05) is 49.4 Å². The Hall–Kier alpha value is -3.19. The fourth-order valence-corrected chi connectivity index (χ4v) is 3.69. The van der Waals surface area contributed by atoms with E-state index in [9.17, 15) is 14.0 Å². The lowest BCUT2D eigenvalue weighted by atomic mass is 10.0. The van der Waals surface area contributed by atoms with Crippen LogP contribution in [0.4, 0.5) is 4.39 Å². The first kappa shape index (κ1) is 24.5. The minimum atomic E-state index is -0.759. The molecule has 0 aliphatic carbocycles. The Morgan fingerprint density at radius 2 is 1.73 bits per heavy atom. The molecule has 0 aromatic heterocycles. The summed E-state index contributed by atoms with van der Waals surface area (Å²) in [6.45, 7) is 1.85. The fraction of sp³-hybridized carbons (Fsp3) is 0.231. The van der Waals surface area contributed by atoms with Gasteiger partial charge in [0.1, 0.15) is 17.6 Å². The van der Waals surface area contributed by atoms with Crippen molar-refractivity contribution in [2.75, 3.05) is 13.7 Å². The van der Waals surface area contributed by atoms with Crippen LogP contribution < -0.4 is 10.1 Å². The first-order chi connectivity index (χ1) is 15.9. The van der Waals surface area contributed by atoms with Gasteiger partial charge in [0, 0.05) is 24.5 Å². The number of hydrogen-bond donors (Lipinski definition) is 1. The van der Waals surface area contributed by atoms with Crippen LogP contribution in [-0.2, 0) is 22.6 Å². The number of ether oxygens (including phenoxy) is 1. The third-order valence-corrected chi connectivity index (χ3v) is 6.17. The SMILES string of the molecule is CNC(=O)C(Cc1ccccc1)N(Cc1ccc(F)cc1)C(=O)COc1ccc(Br)c(C)c1. The van der Waals surface area contributed by atoms with E-state index < -0.39 is 6.04 Å². The summed E-state index contributed by atoms with van der Waals surface area (Å²) < 4.78 is 20.1. The summed E-state index contributed by atoms with van der Waals surface area (Å²) in [6.07, 6.45) is 0.338. The van der Waals surface area contributed by atoms with Gasteiger partial charge in [-0.1, -0.05) is 58.4 Å². The second kappa shape index (κ2) is 11.6. The average Bonchev–Trinajstić information content (AvgIpc) is 2.83. The number of carbonyl (C=O) groups excluding carboxylic acids is 2. The number of nitrogens with zero attached hydrogens (tertiary/aromatic N) is 1. The number of hydrogen-bond acceptors (Lipinski definition) is 3. The predicted molar refractivity (Wildman–Crippen MR) is 129 cm³/mol. The van der Waals surface area contributed by atoms with E-state index >= 15 is 0 Å². The van der Waals surface area contributed by atoms with Gasteiger partial charge < -0.3 is 15.0 Å². The summed E-state index contributed by atoms with van der Waals surface area (Å²) >= 11 is 3.45. The van der Waals surface area contributed by atoms with Gasteiger partial charge >= 0.3 is 0 Å². The third kappa shape index (κ3) is 6.89. The molecule has 0 fully saturated rings. The smallest absolute Gasteiger partial charge is 0.261 e. The molecule has 172 valence electrons. The van der Waals surface area contributed by atoms with Crippen molar-refractivity contribution in [1.29, 1.82) is 0 Å². The van der Waals surface area contributed by atoms with Gasteiger partial charge in [-0.2, -0.15) is 0 Å². The number of amides is 2. The highest BCUT2D eigenvalue weighted by atomic mass is 79.9. The Balaban J connectivity index is 1.86. The van der Waals surface area contributed by atoms with Crippen LogP contribution in [0.5, 0.6) is 5.75 Å². The molecule has 3 aromatic rings. The van der Waals surface area contributed by atoms with Crippen molar-refractivity contribution in [1.82, 2.24) is 10.2 Å². The lowest BCUT2D eigenvalue weighted by molar-refractivity contribution is -0.142. The molecule has 2 amide bonds.